The summed E-state index contributed by atoms with van der Waals surface area (Å²) in [4.78, 5) is 11.8. The Labute approximate surface area is 128 Å². The van der Waals surface area contributed by atoms with Crippen LogP contribution in [0.15, 0.2) is 51.7 Å². The Hall–Kier alpha value is -2.17. The van der Waals surface area contributed by atoms with Crippen molar-refractivity contribution < 1.29 is 9.15 Å². The van der Waals surface area contributed by atoms with Gasteiger partial charge in [-0.2, -0.15) is 0 Å². The van der Waals surface area contributed by atoms with Gasteiger partial charge in [-0.3, -0.25) is 0 Å². The van der Waals surface area contributed by atoms with Crippen LogP contribution < -0.4 is 10.9 Å². The molecule has 0 spiro atoms. The van der Waals surface area contributed by atoms with Crippen LogP contribution >= 0.6 is 0 Å². The summed E-state index contributed by atoms with van der Waals surface area (Å²) in [6.45, 7) is 3.27. The summed E-state index contributed by atoms with van der Waals surface area (Å²) in [5.41, 5.74) is 1.26. The molecule has 22 heavy (non-hydrogen) atoms. The zero-order chi connectivity index (χ0) is 15.5. The summed E-state index contributed by atoms with van der Waals surface area (Å²) in [5.74, 6) is 0. The minimum atomic E-state index is -0.320. The molecule has 114 valence electrons. The molecule has 0 bridgehead atoms. The fourth-order valence-electron chi connectivity index (χ4n) is 2.75. The molecule has 0 aliphatic rings. The first-order valence-corrected chi connectivity index (χ1v) is 7.36. The maximum absolute atomic E-state index is 11.8. The monoisotopic (exact) mass is 297 g/mol. The largest absolute Gasteiger partial charge is 0.423 e. The number of methoxy groups -OCH3 is 1. The third-order valence-corrected chi connectivity index (χ3v) is 3.77. The third-order valence-electron chi connectivity index (χ3n) is 3.77. The van der Waals surface area contributed by atoms with Crippen LogP contribution in [0.2, 0.25) is 0 Å². The van der Waals surface area contributed by atoms with Gasteiger partial charge in [0.25, 0.3) is 0 Å². The molecule has 0 unspecified atom stereocenters. The van der Waals surface area contributed by atoms with Crippen molar-refractivity contribution in [2.75, 3.05) is 13.7 Å². The SMILES string of the molecule is COC[C@@H](C)NCc1cc(=O)oc2ccc3ccccc3c12. The average molecular weight is 297 g/mol. The lowest BCUT2D eigenvalue weighted by molar-refractivity contribution is 0.171. The van der Waals surface area contributed by atoms with Crippen LogP contribution in [0.25, 0.3) is 21.7 Å². The van der Waals surface area contributed by atoms with E-state index in [-0.39, 0.29) is 11.7 Å². The Morgan fingerprint density at radius 2 is 2.05 bits per heavy atom. The first kappa shape index (κ1) is 14.8. The molecule has 2 aromatic carbocycles. The van der Waals surface area contributed by atoms with Gasteiger partial charge in [-0.05, 0) is 29.3 Å². The van der Waals surface area contributed by atoms with E-state index in [4.69, 9.17) is 9.15 Å². The molecule has 1 N–H and O–H groups in total. The first-order chi connectivity index (χ1) is 10.7. The molecule has 0 aliphatic carbocycles. The van der Waals surface area contributed by atoms with Gasteiger partial charge in [0.2, 0.25) is 0 Å². The number of benzene rings is 2. The van der Waals surface area contributed by atoms with Crippen LogP contribution in [-0.2, 0) is 11.3 Å². The van der Waals surface area contributed by atoms with Crippen LogP contribution in [0.1, 0.15) is 12.5 Å². The number of rotatable bonds is 5. The Kier molecular flexibility index (Phi) is 4.22. The van der Waals surface area contributed by atoms with Gasteiger partial charge in [0.05, 0.1) is 6.61 Å². The highest BCUT2D eigenvalue weighted by Gasteiger charge is 2.10. The molecule has 3 aromatic rings. The zero-order valence-electron chi connectivity index (χ0n) is 12.8. The van der Waals surface area contributed by atoms with Crippen molar-refractivity contribution in [1.29, 1.82) is 0 Å². The number of hydrogen-bond acceptors (Lipinski definition) is 4. The summed E-state index contributed by atoms with van der Waals surface area (Å²) in [6, 6.07) is 13.7. The summed E-state index contributed by atoms with van der Waals surface area (Å²) in [6.07, 6.45) is 0. The highest BCUT2D eigenvalue weighted by molar-refractivity contribution is 6.07. The maximum atomic E-state index is 11.8. The molecule has 0 aliphatic heterocycles. The van der Waals surface area contributed by atoms with E-state index in [1.54, 1.807) is 13.2 Å². The lowest BCUT2D eigenvalue weighted by atomic mass is 10.0. The molecule has 3 rings (SSSR count). The van der Waals surface area contributed by atoms with Crippen LogP contribution in [-0.4, -0.2) is 19.8 Å². The highest BCUT2D eigenvalue weighted by Crippen LogP contribution is 2.27. The van der Waals surface area contributed by atoms with E-state index >= 15 is 0 Å². The maximum Gasteiger partial charge on any atom is 0.336 e. The van der Waals surface area contributed by atoms with Crippen molar-refractivity contribution in [2.45, 2.75) is 19.5 Å². The summed E-state index contributed by atoms with van der Waals surface area (Å²) in [5, 5.41) is 6.60. The Bertz CT molecular complexity index is 854. The second-order valence-electron chi connectivity index (χ2n) is 5.49. The van der Waals surface area contributed by atoms with Crippen LogP contribution in [0.3, 0.4) is 0 Å². The summed E-state index contributed by atoms with van der Waals surface area (Å²) in [7, 11) is 1.68. The molecule has 1 atom stereocenters. The third kappa shape index (κ3) is 2.89. The van der Waals surface area contributed by atoms with Gasteiger partial charge in [0.1, 0.15) is 5.58 Å². The van der Waals surface area contributed by atoms with Crippen LogP contribution in [0.5, 0.6) is 0 Å². The lowest BCUT2D eigenvalue weighted by Crippen LogP contribution is -2.29. The number of hydrogen-bond donors (Lipinski definition) is 1. The smallest absolute Gasteiger partial charge is 0.336 e. The molecule has 0 fully saturated rings. The van der Waals surface area contributed by atoms with Crippen molar-refractivity contribution in [3.8, 4) is 0 Å². The van der Waals surface area contributed by atoms with Gasteiger partial charge < -0.3 is 14.5 Å². The molecule has 4 heteroatoms. The van der Waals surface area contributed by atoms with Crippen molar-refractivity contribution in [2.24, 2.45) is 0 Å². The van der Waals surface area contributed by atoms with E-state index in [2.05, 4.69) is 24.4 Å². The Balaban J connectivity index is 2.11. The standard InChI is InChI=1S/C18H19NO3/c1-12(11-21-2)19-10-14-9-17(20)22-16-8-7-13-5-3-4-6-15(13)18(14)16/h3-9,12,19H,10-11H2,1-2H3/t12-/m1/s1. The zero-order valence-corrected chi connectivity index (χ0v) is 12.8. The normalized spacial score (nSPS) is 12.8. The fraction of sp³-hybridized carbons (Fsp3) is 0.278. The lowest BCUT2D eigenvalue weighted by Gasteiger charge is -2.14. The predicted molar refractivity (Wildman–Crippen MR) is 88.2 cm³/mol. The highest BCUT2D eigenvalue weighted by atomic mass is 16.5. The Morgan fingerprint density at radius 1 is 1.23 bits per heavy atom. The van der Waals surface area contributed by atoms with E-state index in [0.717, 1.165) is 21.7 Å². The molecule has 0 saturated carbocycles. The van der Waals surface area contributed by atoms with E-state index < -0.39 is 0 Å². The quantitative estimate of drug-likeness (QED) is 0.581. The molecular formula is C18H19NO3. The summed E-state index contributed by atoms with van der Waals surface area (Å²) >= 11 is 0. The predicted octanol–water partition coefficient (Wildman–Crippen LogP) is 3.07. The van der Waals surface area contributed by atoms with Gasteiger partial charge in [-0.1, -0.05) is 30.3 Å². The summed E-state index contributed by atoms with van der Waals surface area (Å²) < 4.78 is 10.5. The number of fused-ring (bicyclic) bond motifs is 3. The van der Waals surface area contributed by atoms with Crippen molar-refractivity contribution in [3.63, 3.8) is 0 Å². The van der Waals surface area contributed by atoms with E-state index in [0.29, 0.717) is 18.7 Å². The number of nitrogens with one attached hydrogen (secondary N) is 1. The van der Waals surface area contributed by atoms with Crippen LogP contribution in [0, 0.1) is 0 Å². The van der Waals surface area contributed by atoms with Crippen molar-refractivity contribution >= 4 is 21.7 Å². The second kappa shape index (κ2) is 6.30. The molecule has 0 amide bonds. The molecule has 1 aromatic heterocycles. The first-order valence-electron chi connectivity index (χ1n) is 7.36. The van der Waals surface area contributed by atoms with E-state index in [1.807, 2.05) is 24.3 Å². The minimum absolute atomic E-state index is 0.210. The van der Waals surface area contributed by atoms with Gasteiger partial charge in [-0.15, -0.1) is 0 Å². The number of ether oxygens (including phenoxy) is 1. The minimum Gasteiger partial charge on any atom is -0.423 e. The van der Waals surface area contributed by atoms with Crippen LogP contribution in [0.4, 0.5) is 0 Å². The van der Waals surface area contributed by atoms with Gasteiger partial charge in [0, 0.05) is 31.1 Å². The Morgan fingerprint density at radius 3 is 2.86 bits per heavy atom. The van der Waals surface area contributed by atoms with Crippen molar-refractivity contribution in [1.82, 2.24) is 5.32 Å². The molecule has 0 radical (unpaired) electrons. The van der Waals surface area contributed by atoms with Crippen molar-refractivity contribution in [3.05, 3.63) is 58.4 Å². The topological polar surface area (TPSA) is 51.5 Å². The average Bonchev–Trinajstić information content (AvgIpc) is 2.52. The van der Waals surface area contributed by atoms with Gasteiger partial charge in [0.15, 0.2) is 0 Å². The molecule has 4 nitrogen and oxygen atoms in total. The van der Waals surface area contributed by atoms with Gasteiger partial charge >= 0.3 is 5.63 Å². The molecule has 0 saturated heterocycles. The van der Waals surface area contributed by atoms with E-state index in [9.17, 15) is 4.79 Å². The fourth-order valence-corrected chi connectivity index (χ4v) is 2.75. The second-order valence-corrected chi connectivity index (χ2v) is 5.49. The molecular weight excluding hydrogens is 278 g/mol. The van der Waals surface area contributed by atoms with E-state index in [1.165, 1.54) is 0 Å². The van der Waals surface area contributed by atoms with Gasteiger partial charge in [-0.25, -0.2) is 4.79 Å². The molecule has 1 heterocycles.